The Morgan fingerprint density at radius 3 is 2.52 bits per heavy atom. The van der Waals surface area contributed by atoms with Crippen molar-refractivity contribution >= 4 is 28.6 Å². The Kier molecular flexibility index (Phi) is 6.23. The maximum absolute atomic E-state index is 13.0. The number of alkyl carbamates (subject to hydrolysis) is 1. The zero-order valence-electron chi connectivity index (χ0n) is 16.7. The highest BCUT2D eigenvalue weighted by molar-refractivity contribution is 5.97. The first-order valence-corrected chi connectivity index (χ1v) is 9.92. The standard InChI is InChI=1S/C24H22N4O3/c29-23(27-19-10-12-25-13-11-19)22(14-18-15-26-21-9-5-4-8-20(18)21)28-24(30)31-16-17-6-2-1-3-7-17/h1-13,15,22,26H,14,16H2,(H,28,30)(H,25,27,29)/t22-/m1/s1. The average Bonchev–Trinajstić information content (AvgIpc) is 3.21. The summed E-state index contributed by atoms with van der Waals surface area (Å²) in [6, 6.07) is 19.8. The molecule has 0 radical (unpaired) electrons. The molecule has 2 aromatic heterocycles. The van der Waals surface area contributed by atoms with Gasteiger partial charge in [-0.25, -0.2) is 4.79 Å². The Hall–Kier alpha value is -4.13. The Morgan fingerprint density at radius 1 is 0.968 bits per heavy atom. The van der Waals surface area contributed by atoms with E-state index in [-0.39, 0.29) is 12.5 Å². The number of aromatic amines is 1. The van der Waals surface area contributed by atoms with Gasteiger partial charge in [-0.05, 0) is 29.3 Å². The van der Waals surface area contributed by atoms with Crippen molar-refractivity contribution in [2.75, 3.05) is 5.32 Å². The summed E-state index contributed by atoms with van der Waals surface area (Å²) in [6.07, 6.45) is 4.69. The quantitative estimate of drug-likeness (QED) is 0.425. The van der Waals surface area contributed by atoms with Crippen molar-refractivity contribution in [1.29, 1.82) is 0 Å². The zero-order valence-corrected chi connectivity index (χ0v) is 16.7. The number of hydrogen-bond acceptors (Lipinski definition) is 4. The molecule has 2 aromatic carbocycles. The molecule has 2 amide bonds. The van der Waals surface area contributed by atoms with Crippen LogP contribution in [0.1, 0.15) is 11.1 Å². The van der Waals surface area contributed by atoms with Gasteiger partial charge in [0.15, 0.2) is 0 Å². The van der Waals surface area contributed by atoms with Crippen LogP contribution in [0, 0.1) is 0 Å². The molecule has 4 rings (SSSR count). The Bertz CT molecular complexity index is 1160. The highest BCUT2D eigenvalue weighted by atomic mass is 16.5. The van der Waals surface area contributed by atoms with Crippen molar-refractivity contribution in [2.45, 2.75) is 19.1 Å². The predicted molar refractivity (Wildman–Crippen MR) is 118 cm³/mol. The third-order valence-corrected chi connectivity index (χ3v) is 4.87. The fraction of sp³-hybridized carbons (Fsp3) is 0.125. The number of anilines is 1. The fourth-order valence-corrected chi connectivity index (χ4v) is 3.30. The summed E-state index contributed by atoms with van der Waals surface area (Å²) in [5.74, 6) is -0.340. The molecule has 4 aromatic rings. The van der Waals surface area contributed by atoms with Gasteiger partial charge in [0.05, 0.1) is 0 Å². The molecule has 0 aliphatic carbocycles. The molecule has 1 atom stereocenters. The van der Waals surface area contributed by atoms with Gasteiger partial charge >= 0.3 is 6.09 Å². The molecule has 0 saturated carbocycles. The molecule has 2 heterocycles. The number of para-hydroxylation sites is 1. The Labute approximate surface area is 179 Å². The maximum Gasteiger partial charge on any atom is 0.408 e. The first-order valence-electron chi connectivity index (χ1n) is 9.92. The van der Waals surface area contributed by atoms with Gasteiger partial charge in [-0.2, -0.15) is 0 Å². The molecule has 0 aliphatic rings. The number of rotatable bonds is 7. The van der Waals surface area contributed by atoms with E-state index in [4.69, 9.17) is 4.74 Å². The van der Waals surface area contributed by atoms with Crippen LogP contribution in [0.4, 0.5) is 10.5 Å². The lowest BCUT2D eigenvalue weighted by molar-refractivity contribution is -0.118. The maximum atomic E-state index is 13.0. The molecule has 0 saturated heterocycles. The fourth-order valence-electron chi connectivity index (χ4n) is 3.30. The van der Waals surface area contributed by atoms with Gasteiger partial charge in [0, 0.05) is 41.6 Å². The van der Waals surface area contributed by atoms with Crippen LogP contribution in [0.15, 0.2) is 85.3 Å². The van der Waals surface area contributed by atoms with E-state index in [1.54, 1.807) is 24.5 Å². The lowest BCUT2D eigenvalue weighted by atomic mass is 10.0. The summed E-state index contributed by atoms with van der Waals surface area (Å²) < 4.78 is 5.32. The first kappa shape index (κ1) is 20.2. The smallest absolute Gasteiger partial charge is 0.408 e. The third kappa shape index (κ3) is 5.27. The second kappa shape index (κ2) is 9.58. The monoisotopic (exact) mass is 414 g/mol. The molecule has 156 valence electrons. The summed E-state index contributed by atoms with van der Waals surface area (Å²) in [6.45, 7) is 0.123. The lowest BCUT2D eigenvalue weighted by Crippen LogP contribution is -2.45. The summed E-state index contributed by atoms with van der Waals surface area (Å²) in [4.78, 5) is 32.6. The van der Waals surface area contributed by atoms with E-state index < -0.39 is 12.1 Å². The second-order valence-electron chi connectivity index (χ2n) is 7.05. The number of H-pyrrole nitrogens is 1. The Morgan fingerprint density at radius 2 is 1.71 bits per heavy atom. The number of fused-ring (bicyclic) bond motifs is 1. The minimum Gasteiger partial charge on any atom is -0.445 e. The van der Waals surface area contributed by atoms with Crippen molar-refractivity contribution in [3.8, 4) is 0 Å². The molecule has 0 aliphatic heterocycles. The molecular formula is C24H22N4O3. The van der Waals surface area contributed by atoms with Gasteiger partial charge in [0.25, 0.3) is 0 Å². The number of carbonyl (C=O) groups excluding carboxylic acids is 2. The number of pyridine rings is 1. The van der Waals surface area contributed by atoms with Crippen molar-refractivity contribution in [3.05, 3.63) is 96.4 Å². The van der Waals surface area contributed by atoms with Crippen LogP contribution < -0.4 is 10.6 Å². The van der Waals surface area contributed by atoms with E-state index in [0.29, 0.717) is 12.1 Å². The van der Waals surface area contributed by atoms with Crippen LogP contribution in [0.25, 0.3) is 10.9 Å². The first-order chi connectivity index (χ1) is 15.2. The Balaban J connectivity index is 1.48. The van der Waals surface area contributed by atoms with Gasteiger partial charge < -0.3 is 20.4 Å². The van der Waals surface area contributed by atoms with E-state index in [1.165, 1.54) is 0 Å². The van der Waals surface area contributed by atoms with E-state index in [9.17, 15) is 9.59 Å². The summed E-state index contributed by atoms with van der Waals surface area (Å²) in [5, 5.41) is 6.53. The second-order valence-corrected chi connectivity index (χ2v) is 7.05. The molecule has 0 spiro atoms. The molecular weight excluding hydrogens is 392 g/mol. The van der Waals surface area contributed by atoms with Crippen LogP contribution in [-0.4, -0.2) is 28.0 Å². The number of nitrogens with one attached hydrogen (secondary N) is 3. The molecule has 3 N–H and O–H groups in total. The number of aromatic nitrogens is 2. The van der Waals surface area contributed by atoms with E-state index in [1.807, 2.05) is 60.8 Å². The number of carbonyl (C=O) groups is 2. The predicted octanol–water partition coefficient (Wildman–Crippen LogP) is 4.04. The molecule has 31 heavy (non-hydrogen) atoms. The highest BCUT2D eigenvalue weighted by Crippen LogP contribution is 2.19. The van der Waals surface area contributed by atoms with Crippen LogP contribution in [0.5, 0.6) is 0 Å². The normalized spacial score (nSPS) is 11.6. The van der Waals surface area contributed by atoms with Crippen LogP contribution in [0.2, 0.25) is 0 Å². The number of nitrogens with zero attached hydrogens (tertiary/aromatic N) is 1. The SMILES string of the molecule is O=C(N[C@H](Cc1c[nH]c2ccccc12)C(=O)Nc1ccncc1)OCc1ccccc1. The van der Waals surface area contributed by atoms with E-state index in [2.05, 4.69) is 20.6 Å². The molecule has 0 unspecified atom stereocenters. The molecule has 7 heteroatoms. The van der Waals surface area contributed by atoms with Gasteiger partial charge in [-0.1, -0.05) is 48.5 Å². The summed E-state index contributed by atoms with van der Waals surface area (Å²) in [5.41, 5.74) is 3.36. The van der Waals surface area contributed by atoms with Crippen LogP contribution in [0.3, 0.4) is 0 Å². The van der Waals surface area contributed by atoms with E-state index in [0.717, 1.165) is 22.0 Å². The van der Waals surface area contributed by atoms with Gasteiger partial charge in [-0.3, -0.25) is 9.78 Å². The van der Waals surface area contributed by atoms with E-state index >= 15 is 0 Å². The van der Waals surface area contributed by atoms with Crippen molar-refractivity contribution < 1.29 is 14.3 Å². The lowest BCUT2D eigenvalue weighted by Gasteiger charge is -2.18. The average molecular weight is 414 g/mol. The molecule has 7 nitrogen and oxygen atoms in total. The highest BCUT2D eigenvalue weighted by Gasteiger charge is 2.23. The van der Waals surface area contributed by atoms with Crippen LogP contribution in [-0.2, 0) is 22.6 Å². The van der Waals surface area contributed by atoms with Crippen molar-refractivity contribution in [1.82, 2.24) is 15.3 Å². The topological polar surface area (TPSA) is 96.1 Å². The van der Waals surface area contributed by atoms with Crippen molar-refractivity contribution in [3.63, 3.8) is 0 Å². The summed E-state index contributed by atoms with van der Waals surface area (Å²) >= 11 is 0. The summed E-state index contributed by atoms with van der Waals surface area (Å²) in [7, 11) is 0. The number of hydrogen-bond donors (Lipinski definition) is 3. The van der Waals surface area contributed by atoms with Crippen molar-refractivity contribution in [2.24, 2.45) is 0 Å². The minimum atomic E-state index is -0.823. The molecule has 0 fully saturated rings. The van der Waals surface area contributed by atoms with Gasteiger partial charge in [0.2, 0.25) is 5.91 Å². The molecule has 0 bridgehead atoms. The number of ether oxygens (including phenoxy) is 1. The van der Waals surface area contributed by atoms with Gasteiger partial charge in [-0.15, -0.1) is 0 Å². The van der Waals surface area contributed by atoms with Crippen LogP contribution >= 0.6 is 0 Å². The largest absolute Gasteiger partial charge is 0.445 e. The minimum absolute atomic E-state index is 0.123. The zero-order chi connectivity index (χ0) is 21.5. The third-order valence-electron chi connectivity index (χ3n) is 4.87. The number of amides is 2. The number of benzene rings is 2. The van der Waals surface area contributed by atoms with Gasteiger partial charge in [0.1, 0.15) is 12.6 Å².